The van der Waals surface area contributed by atoms with Crippen molar-refractivity contribution in [2.75, 3.05) is 5.32 Å². The molecule has 1 saturated heterocycles. The van der Waals surface area contributed by atoms with Crippen LogP contribution in [0.15, 0.2) is 12.1 Å². The lowest BCUT2D eigenvalue weighted by Crippen LogP contribution is -2.37. The molecule has 0 bridgehead atoms. The summed E-state index contributed by atoms with van der Waals surface area (Å²) in [5.74, 6) is 0.600. The summed E-state index contributed by atoms with van der Waals surface area (Å²) >= 11 is 0. The van der Waals surface area contributed by atoms with E-state index < -0.39 is 0 Å². The first-order valence-electron chi connectivity index (χ1n) is 9.74. The molecule has 0 spiro atoms. The number of pyridine rings is 1. The van der Waals surface area contributed by atoms with E-state index in [1.165, 1.54) is 6.42 Å². The van der Waals surface area contributed by atoms with Crippen molar-refractivity contribution in [2.45, 2.75) is 83.5 Å². The lowest BCUT2D eigenvalue weighted by molar-refractivity contribution is -0.131. The number of aryl methyl sites for hydroxylation is 1. The minimum Gasteiger partial charge on any atom is -0.372 e. The summed E-state index contributed by atoms with van der Waals surface area (Å²) in [5, 5.41) is 3.04. The Hall–Kier alpha value is -1.95. The summed E-state index contributed by atoms with van der Waals surface area (Å²) in [4.78, 5) is 22.0. The number of fused-ring (bicyclic) bond motifs is 1. The molecule has 1 aliphatic carbocycles. The molecule has 140 valence electrons. The van der Waals surface area contributed by atoms with Crippen molar-refractivity contribution in [3.8, 4) is 0 Å². The van der Waals surface area contributed by atoms with Crippen LogP contribution in [0, 0.1) is 6.92 Å². The Labute approximate surface area is 154 Å². The van der Waals surface area contributed by atoms with E-state index in [0.717, 1.165) is 49.0 Å². The van der Waals surface area contributed by atoms with Gasteiger partial charge in [-0.3, -0.25) is 14.7 Å². The van der Waals surface area contributed by atoms with Crippen LogP contribution in [-0.4, -0.2) is 32.1 Å². The van der Waals surface area contributed by atoms with Crippen LogP contribution in [0.4, 0.5) is 5.95 Å². The average molecular weight is 356 g/mol. The summed E-state index contributed by atoms with van der Waals surface area (Å²) in [6.45, 7) is 6.18. The van der Waals surface area contributed by atoms with Crippen LogP contribution < -0.4 is 5.32 Å². The molecule has 1 aliphatic heterocycles. The average Bonchev–Trinajstić information content (AvgIpc) is 2.82. The molecule has 1 N–H and O–H groups in total. The van der Waals surface area contributed by atoms with Gasteiger partial charge in [-0.15, -0.1) is 0 Å². The van der Waals surface area contributed by atoms with Crippen LogP contribution in [0.3, 0.4) is 0 Å². The minimum atomic E-state index is -0.135. The van der Waals surface area contributed by atoms with Crippen molar-refractivity contribution in [3.05, 3.63) is 17.8 Å². The number of rotatable bonds is 4. The molecular formula is C20H28N4O2. The van der Waals surface area contributed by atoms with E-state index in [9.17, 15) is 4.79 Å². The van der Waals surface area contributed by atoms with Gasteiger partial charge < -0.3 is 4.74 Å². The highest BCUT2D eigenvalue weighted by molar-refractivity contribution is 5.91. The number of carbonyl (C=O) groups is 1. The van der Waals surface area contributed by atoms with E-state index in [1.807, 2.05) is 19.1 Å². The van der Waals surface area contributed by atoms with E-state index in [4.69, 9.17) is 4.74 Å². The summed E-state index contributed by atoms with van der Waals surface area (Å²) in [7, 11) is 0. The molecule has 6 nitrogen and oxygen atoms in total. The van der Waals surface area contributed by atoms with Crippen molar-refractivity contribution in [2.24, 2.45) is 0 Å². The summed E-state index contributed by atoms with van der Waals surface area (Å²) in [5.41, 5.74) is 2.55. The number of imidazole rings is 1. The van der Waals surface area contributed by atoms with Crippen LogP contribution in [0.5, 0.6) is 0 Å². The number of ether oxygens (including phenoxy) is 1. The second-order valence-electron chi connectivity index (χ2n) is 8.33. The Morgan fingerprint density at radius 1 is 1.27 bits per heavy atom. The number of anilines is 1. The molecule has 2 aromatic heterocycles. The van der Waals surface area contributed by atoms with E-state index >= 15 is 0 Å². The van der Waals surface area contributed by atoms with Crippen LogP contribution >= 0.6 is 0 Å². The first kappa shape index (κ1) is 17.5. The van der Waals surface area contributed by atoms with Gasteiger partial charge in [-0.05, 0) is 71.4 Å². The van der Waals surface area contributed by atoms with Gasteiger partial charge in [-0.25, -0.2) is 9.97 Å². The topological polar surface area (TPSA) is 69.0 Å². The third-order valence-electron chi connectivity index (χ3n) is 5.57. The van der Waals surface area contributed by atoms with Gasteiger partial charge >= 0.3 is 0 Å². The monoisotopic (exact) mass is 356 g/mol. The van der Waals surface area contributed by atoms with Gasteiger partial charge in [0.05, 0.1) is 18.1 Å². The highest BCUT2D eigenvalue weighted by Crippen LogP contribution is 2.37. The second kappa shape index (κ2) is 6.65. The quantitative estimate of drug-likeness (QED) is 0.894. The predicted molar refractivity (Wildman–Crippen MR) is 101 cm³/mol. The van der Waals surface area contributed by atoms with Crippen molar-refractivity contribution in [1.82, 2.24) is 14.5 Å². The Bertz CT molecular complexity index is 823. The molecule has 0 radical (unpaired) electrons. The van der Waals surface area contributed by atoms with E-state index in [2.05, 4.69) is 33.7 Å². The highest BCUT2D eigenvalue weighted by atomic mass is 16.5. The Kier molecular flexibility index (Phi) is 4.47. The number of carbonyl (C=O) groups excluding carboxylic acids is 1. The van der Waals surface area contributed by atoms with Gasteiger partial charge in [-0.1, -0.05) is 0 Å². The lowest BCUT2D eigenvalue weighted by atomic mass is 9.93. The number of aromatic nitrogens is 3. The Morgan fingerprint density at radius 3 is 2.77 bits per heavy atom. The standard InChI is InChI=1S/C20H28N4O2/c1-13-9-10-16-18(21-13)24(14-6-4-7-14)19(22-16)23-17(25)12-15-8-5-11-20(2,3)26-15/h9-10,14-15H,4-8,11-12H2,1-3H3,(H,22,23,25)/t15-/m1/s1. The molecule has 2 fully saturated rings. The third kappa shape index (κ3) is 3.47. The van der Waals surface area contributed by atoms with E-state index in [1.54, 1.807) is 0 Å². The molecule has 0 aromatic carbocycles. The fourth-order valence-corrected chi connectivity index (χ4v) is 4.00. The maximum Gasteiger partial charge on any atom is 0.229 e. The first-order chi connectivity index (χ1) is 12.4. The van der Waals surface area contributed by atoms with Crippen molar-refractivity contribution in [1.29, 1.82) is 0 Å². The van der Waals surface area contributed by atoms with Gasteiger partial charge in [0.15, 0.2) is 5.65 Å². The molecular weight excluding hydrogens is 328 g/mol. The highest BCUT2D eigenvalue weighted by Gasteiger charge is 2.31. The van der Waals surface area contributed by atoms with E-state index in [0.29, 0.717) is 18.4 Å². The molecule has 6 heteroatoms. The summed E-state index contributed by atoms with van der Waals surface area (Å²) in [6.07, 6.45) is 6.91. The molecule has 2 aliphatic rings. The summed E-state index contributed by atoms with van der Waals surface area (Å²) < 4.78 is 8.19. The lowest BCUT2D eigenvalue weighted by Gasteiger charge is -2.35. The zero-order chi connectivity index (χ0) is 18.3. The van der Waals surface area contributed by atoms with Crippen molar-refractivity contribution >= 4 is 23.0 Å². The molecule has 1 amide bonds. The molecule has 1 atom stereocenters. The van der Waals surface area contributed by atoms with Gasteiger partial charge in [0.1, 0.15) is 5.52 Å². The minimum absolute atomic E-state index is 0.0133. The number of amides is 1. The zero-order valence-corrected chi connectivity index (χ0v) is 15.9. The molecule has 4 rings (SSSR count). The van der Waals surface area contributed by atoms with Gasteiger partial charge in [0.25, 0.3) is 0 Å². The number of nitrogens with zero attached hydrogens (tertiary/aromatic N) is 3. The Balaban J connectivity index is 1.54. The fourth-order valence-electron chi connectivity index (χ4n) is 4.00. The maximum atomic E-state index is 12.7. The SMILES string of the molecule is Cc1ccc2nc(NC(=O)C[C@H]3CCCC(C)(C)O3)n(C3CCC3)c2n1. The normalized spacial score (nSPS) is 23.0. The van der Waals surface area contributed by atoms with Gasteiger partial charge in [0, 0.05) is 11.7 Å². The van der Waals surface area contributed by atoms with Gasteiger partial charge in [-0.2, -0.15) is 0 Å². The summed E-state index contributed by atoms with van der Waals surface area (Å²) in [6, 6.07) is 4.33. The maximum absolute atomic E-state index is 12.7. The first-order valence-corrected chi connectivity index (χ1v) is 9.74. The third-order valence-corrected chi connectivity index (χ3v) is 5.57. The smallest absolute Gasteiger partial charge is 0.229 e. The van der Waals surface area contributed by atoms with Crippen LogP contribution in [0.2, 0.25) is 0 Å². The molecule has 1 saturated carbocycles. The number of hydrogen-bond donors (Lipinski definition) is 1. The van der Waals surface area contributed by atoms with Crippen LogP contribution in [0.25, 0.3) is 11.2 Å². The second-order valence-corrected chi connectivity index (χ2v) is 8.33. The van der Waals surface area contributed by atoms with Gasteiger partial charge in [0.2, 0.25) is 11.9 Å². The number of nitrogens with one attached hydrogen (secondary N) is 1. The Morgan fingerprint density at radius 2 is 2.08 bits per heavy atom. The zero-order valence-electron chi connectivity index (χ0n) is 15.9. The van der Waals surface area contributed by atoms with E-state index in [-0.39, 0.29) is 17.6 Å². The van der Waals surface area contributed by atoms with Crippen LogP contribution in [0.1, 0.15) is 70.5 Å². The van der Waals surface area contributed by atoms with Crippen molar-refractivity contribution in [3.63, 3.8) is 0 Å². The predicted octanol–water partition coefficient (Wildman–Crippen LogP) is 4.14. The van der Waals surface area contributed by atoms with Crippen LogP contribution in [-0.2, 0) is 9.53 Å². The van der Waals surface area contributed by atoms with Crippen molar-refractivity contribution < 1.29 is 9.53 Å². The largest absolute Gasteiger partial charge is 0.372 e. The fraction of sp³-hybridized carbons (Fsp3) is 0.650. The molecule has 2 aromatic rings. The molecule has 0 unspecified atom stereocenters. The number of hydrogen-bond acceptors (Lipinski definition) is 4. The molecule has 26 heavy (non-hydrogen) atoms. The molecule has 3 heterocycles.